The van der Waals surface area contributed by atoms with Crippen molar-refractivity contribution in [3.05, 3.63) is 18.0 Å². The van der Waals surface area contributed by atoms with Crippen LogP contribution in [0, 0.1) is 0 Å². The molecule has 1 N–H and O–H groups in total. The molecule has 0 aliphatic carbocycles. The fourth-order valence-corrected chi connectivity index (χ4v) is 2.17. The second kappa shape index (κ2) is 5.25. The summed E-state index contributed by atoms with van der Waals surface area (Å²) >= 11 is 0. The van der Waals surface area contributed by atoms with Crippen LogP contribution in [-0.2, 0) is 18.3 Å². The Morgan fingerprint density at radius 2 is 2.50 bits per heavy atom. The van der Waals surface area contributed by atoms with Crippen molar-refractivity contribution in [1.29, 1.82) is 0 Å². The van der Waals surface area contributed by atoms with E-state index in [4.69, 9.17) is 0 Å². The van der Waals surface area contributed by atoms with Crippen LogP contribution in [0.25, 0.3) is 0 Å². The molecule has 4 nitrogen and oxygen atoms in total. The van der Waals surface area contributed by atoms with Crippen molar-refractivity contribution in [2.24, 2.45) is 7.05 Å². The number of nitrogens with zero attached hydrogens (tertiary/aromatic N) is 2. The molecule has 1 atom stereocenters. The fourth-order valence-electron chi connectivity index (χ4n) is 2.17. The molecule has 16 heavy (non-hydrogen) atoms. The Balaban J connectivity index is 1.78. The van der Waals surface area contributed by atoms with E-state index in [1.165, 1.54) is 12.8 Å². The van der Waals surface area contributed by atoms with Crippen molar-refractivity contribution >= 4 is 5.78 Å². The molecule has 2 rings (SSSR count). The summed E-state index contributed by atoms with van der Waals surface area (Å²) in [6, 6.07) is 0.102. The lowest BCUT2D eigenvalue weighted by Crippen LogP contribution is -2.40. The van der Waals surface area contributed by atoms with Gasteiger partial charge in [0.25, 0.3) is 0 Å². The third kappa shape index (κ3) is 2.92. The van der Waals surface area contributed by atoms with Gasteiger partial charge in [0, 0.05) is 19.7 Å². The van der Waals surface area contributed by atoms with Gasteiger partial charge in [-0.1, -0.05) is 6.42 Å². The molecule has 0 saturated carbocycles. The van der Waals surface area contributed by atoms with Crippen molar-refractivity contribution in [3.63, 3.8) is 0 Å². The van der Waals surface area contributed by atoms with Gasteiger partial charge in [0.2, 0.25) is 0 Å². The Labute approximate surface area is 96.0 Å². The van der Waals surface area contributed by atoms with Gasteiger partial charge in [-0.25, -0.2) is 0 Å². The average Bonchev–Trinajstić information content (AvgIpc) is 2.73. The monoisotopic (exact) mass is 221 g/mol. The largest absolute Gasteiger partial charge is 0.307 e. The van der Waals surface area contributed by atoms with Gasteiger partial charge in [-0.3, -0.25) is 9.48 Å². The normalized spacial score (nSPS) is 20.9. The second-order valence-electron chi connectivity index (χ2n) is 4.49. The van der Waals surface area contributed by atoms with Gasteiger partial charge in [-0.05, 0) is 31.4 Å². The van der Waals surface area contributed by atoms with E-state index in [9.17, 15) is 4.79 Å². The average molecular weight is 221 g/mol. The van der Waals surface area contributed by atoms with E-state index in [0.29, 0.717) is 12.2 Å². The zero-order valence-corrected chi connectivity index (χ0v) is 9.78. The first-order valence-electron chi connectivity index (χ1n) is 5.99. The van der Waals surface area contributed by atoms with Gasteiger partial charge in [-0.2, -0.15) is 5.10 Å². The van der Waals surface area contributed by atoms with E-state index in [2.05, 4.69) is 10.4 Å². The molecule has 0 amide bonds. The molecule has 88 valence electrons. The zero-order valence-electron chi connectivity index (χ0n) is 9.78. The molecule has 1 aromatic rings. The number of rotatable bonds is 4. The summed E-state index contributed by atoms with van der Waals surface area (Å²) in [6.07, 6.45) is 8.63. The molecule has 4 heteroatoms. The van der Waals surface area contributed by atoms with Crippen molar-refractivity contribution < 1.29 is 4.79 Å². The highest BCUT2D eigenvalue weighted by molar-refractivity contribution is 5.84. The molecule has 0 bridgehead atoms. The van der Waals surface area contributed by atoms with Crippen LogP contribution in [0.2, 0.25) is 0 Å². The molecular formula is C12H19N3O. The first-order valence-corrected chi connectivity index (χ1v) is 5.99. The molecule has 0 spiro atoms. The number of carbonyl (C=O) groups excluding carboxylic acids is 1. The minimum absolute atomic E-state index is 0.102. The van der Waals surface area contributed by atoms with E-state index in [1.807, 2.05) is 19.4 Å². The Kier molecular flexibility index (Phi) is 3.72. The zero-order chi connectivity index (χ0) is 11.4. The fraction of sp³-hybridized carbons (Fsp3) is 0.667. The molecule has 1 fully saturated rings. The summed E-state index contributed by atoms with van der Waals surface area (Å²) in [5.41, 5.74) is 1.15. The minimum atomic E-state index is 0.102. The van der Waals surface area contributed by atoms with E-state index in [0.717, 1.165) is 24.9 Å². The molecule has 1 saturated heterocycles. The highest BCUT2D eigenvalue weighted by Crippen LogP contribution is 2.11. The summed E-state index contributed by atoms with van der Waals surface area (Å²) in [5.74, 6) is 0.351. The summed E-state index contributed by atoms with van der Waals surface area (Å²) in [4.78, 5) is 11.9. The van der Waals surface area contributed by atoms with Crippen molar-refractivity contribution in [2.75, 3.05) is 6.54 Å². The molecule has 1 aliphatic rings. The lowest BCUT2D eigenvalue weighted by atomic mass is 9.97. The molecule has 1 aromatic heterocycles. The van der Waals surface area contributed by atoms with Crippen LogP contribution in [0.5, 0.6) is 0 Å². The maximum absolute atomic E-state index is 11.9. The van der Waals surface area contributed by atoms with E-state index in [1.54, 1.807) is 4.68 Å². The third-order valence-electron chi connectivity index (χ3n) is 3.12. The van der Waals surface area contributed by atoms with E-state index in [-0.39, 0.29) is 6.04 Å². The highest BCUT2D eigenvalue weighted by atomic mass is 16.1. The molecule has 2 heterocycles. The van der Waals surface area contributed by atoms with Crippen LogP contribution in [-0.4, -0.2) is 28.2 Å². The van der Waals surface area contributed by atoms with Gasteiger partial charge in [0.1, 0.15) is 5.78 Å². The molecule has 1 aliphatic heterocycles. The summed E-state index contributed by atoms with van der Waals surface area (Å²) in [7, 11) is 1.90. The second-order valence-corrected chi connectivity index (χ2v) is 4.49. The number of carbonyl (C=O) groups is 1. The standard InChI is InChI=1S/C12H19N3O/c1-15-9-10(8-14-15)5-6-12(16)11-4-2-3-7-13-11/h8-9,11,13H,2-7H2,1H3. The summed E-state index contributed by atoms with van der Waals surface area (Å²) < 4.78 is 1.78. The van der Waals surface area contributed by atoms with Crippen molar-refractivity contribution in [3.8, 4) is 0 Å². The van der Waals surface area contributed by atoms with E-state index >= 15 is 0 Å². The topological polar surface area (TPSA) is 46.9 Å². The van der Waals surface area contributed by atoms with Crippen LogP contribution in [0.4, 0.5) is 0 Å². The van der Waals surface area contributed by atoms with Crippen LogP contribution in [0.3, 0.4) is 0 Å². The predicted molar refractivity (Wildman–Crippen MR) is 62.2 cm³/mol. The van der Waals surface area contributed by atoms with E-state index < -0.39 is 0 Å². The first kappa shape index (κ1) is 11.3. The molecule has 0 aromatic carbocycles. The Hall–Kier alpha value is -1.16. The number of ketones is 1. The first-order chi connectivity index (χ1) is 7.75. The number of hydrogen-bond donors (Lipinski definition) is 1. The van der Waals surface area contributed by atoms with Gasteiger partial charge >= 0.3 is 0 Å². The van der Waals surface area contributed by atoms with Crippen molar-refractivity contribution in [2.45, 2.75) is 38.1 Å². The lowest BCUT2D eigenvalue weighted by molar-refractivity contribution is -0.121. The Morgan fingerprint density at radius 1 is 1.62 bits per heavy atom. The quantitative estimate of drug-likeness (QED) is 0.827. The van der Waals surface area contributed by atoms with Gasteiger partial charge < -0.3 is 5.32 Å². The smallest absolute Gasteiger partial charge is 0.150 e. The minimum Gasteiger partial charge on any atom is -0.307 e. The van der Waals surface area contributed by atoms with Gasteiger partial charge in [0.15, 0.2) is 0 Å². The number of nitrogens with one attached hydrogen (secondary N) is 1. The number of aromatic nitrogens is 2. The maximum Gasteiger partial charge on any atom is 0.150 e. The highest BCUT2D eigenvalue weighted by Gasteiger charge is 2.19. The van der Waals surface area contributed by atoms with Crippen LogP contribution >= 0.6 is 0 Å². The lowest BCUT2D eigenvalue weighted by Gasteiger charge is -2.21. The Morgan fingerprint density at radius 3 is 3.12 bits per heavy atom. The number of aryl methyl sites for hydroxylation is 2. The number of piperidine rings is 1. The summed E-state index contributed by atoms with van der Waals surface area (Å²) in [6.45, 7) is 0.989. The third-order valence-corrected chi connectivity index (χ3v) is 3.12. The summed E-state index contributed by atoms with van der Waals surface area (Å²) in [5, 5.41) is 7.39. The van der Waals surface area contributed by atoms with Crippen molar-refractivity contribution in [1.82, 2.24) is 15.1 Å². The number of hydrogen-bond acceptors (Lipinski definition) is 3. The van der Waals surface area contributed by atoms with Crippen LogP contribution in [0.15, 0.2) is 12.4 Å². The molecule has 0 radical (unpaired) electrons. The van der Waals surface area contributed by atoms with Gasteiger partial charge in [-0.15, -0.1) is 0 Å². The number of Topliss-reactive ketones (excluding diaryl/α,β-unsaturated/α-hetero) is 1. The predicted octanol–water partition coefficient (Wildman–Crippen LogP) is 1.06. The molecular weight excluding hydrogens is 202 g/mol. The van der Waals surface area contributed by atoms with Gasteiger partial charge in [0.05, 0.1) is 12.2 Å². The molecule has 1 unspecified atom stereocenters. The van der Waals surface area contributed by atoms with Crippen LogP contribution in [0.1, 0.15) is 31.2 Å². The van der Waals surface area contributed by atoms with Crippen LogP contribution < -0.4 is 5.32 Å². The maximum atomic E-state index is 11.9. The SMILES string of the molecule is Cn1cc(CCC(=O)C2CCCCN2)cn1. The Bertz CT molecular complexity index is 353.